The van der Waals surface area contributed by atoms with Crippen molar-refractivity contribution in [2.45, 2.75) is 13.8 Å². The van der Waals surface area contributed by atoms with Gasteiger partial charge in [-0.25, -0.2) is 0 Å². The molecule has 0 saturated heterocycles. The van der Waals surface area contributed by atoms with Gasteiger partial charge >= 0.3 is 0 Å². The maximum absolute atomic E-state index is 8.01. The van der Waals surface area contributed by atoms with E-state index in [1.165, 1.54) is 12.3 Å². The van der Waals surface area contributed by atoms with Gasteiger partial charge in [0, 0.05) is 0 Å². The van der Waals surface area contributed by atoms with Crippen LogP contribution in [0.3, 0.4) is 0 Å². The van der Waals surface area contributed by atoms with Gasteiger partial charge in [-0.1, -0.05) is 13.8 Å². The largest absolute Gasteiger partial charge is 0.500 e. The zero-order valence-electron chi connectivity index (χ0n) is 5.79. The number of nitriles is 1. The second kappa shape index (κ2) is 5.17. The Hall–Kier alpha value is -0.970. The Morgan fingerprint density at radius 2 is 2.33 bits per heavy atom. The van der Waals surface area contributed by atoms with Crippen LogP contribution in [0.4, 0.5) is 0 Å². The van der Waals surface area contributed by atoms with Crippen LogP contribution in [0.25, 0.3) is 0 Å². The molecule has 0 aromatic heterocycles. The first-order chi connectivity index (χ1) is 4.27. The fourth-order valence-corrected chi connectivity index (χ4v) is 0.327. The van der Waals surface area contributed by atoms with Crippen LogP contribution < -0.4 is 0 Å². The third kappa shape index (κ3) is 7.03. The summed E-state index contributed by atoms with van der Waals surface area (Å²) in [5.41, 5.74) is 0. The van der Waals surface area contributed by atoms with E-state index in [9.17, 15) is 0 Å². The Kier molecular flexibility index (Phi) is 4.61. The number of rotatable bonds is 3. The minimum atomic E-state index is 0.522. The first kappa shape index (κ1) is 8.03. The summed E-state index contributed by atoms with van der Waals surface area (Å²) in [5, 5.41) is 8.01. The number of allylic oxidation sites excluding steroid dienone is 1. The molecule has 0 aliphatic carbocycles. The lowest BCUT2D eigenvalue weighted by atomic mass is 10.2. The lowest BCUT2D eigenvalue weighted by Crippen LogP contribution is -1.95. The van der Waals surface area contributed by atoms with Gasteiger partial charge in [-0.05, 0) is 5.92 Å². The molecule has 0 saturated carbocycles. The molecule has 0 atom stereocenters. The minimum absolute atomic E-state index is 0.522. The molecule has 0 amide bonds. The molecule has 0 heterocycles. The normalized spacial score (nSPS) is 10.0. The molecule has 9 heavy (non-hydrogen) atoms. The molecule has 2 nitrogen and oxygen atoms in total. The summed E-state index contributed by atoms with van der Waals surface area (Å²) in [5.74, 6) is 0.522. The van der Waals surface area contributed by atoms with Crippen molar-refractivity contribution >= 4 is 0 Å². The van der Waals surface area contributed by atoms with E-state index in [0.717, 1.165) is 0 Å². The summed E-state index contributed by atoms with van der Waals surface area (Å²) < 4.78 is 4.93. The van der Waals surface area contributed by atoms with Gasteiger partial charge in [-0.2, -0.15) is 5.26 Å². The Labute approximate surface area is 55.7 Å². The zero-order valence-corrected chi connectivity index (χ0v) is 5.79. The van der Waals surface area contributed by atoms with Gasteiger partial charge in [0.15, 0.2) is 0 Å². The number of hydrogen-bond donors (Lipinski definition) is 0. The highest BCUT2D eigenvalue weighted by atomic mass is 16.5. The van der Waals surface area contributed by atoms with E-state index in [-0.39, 0.29) is 0 Å². The molecule has 0 unspecified atom stereocenters. The zero-order chi connectivity index (χ0) is 7.11. The molecule has 50 valence electrons. The number of ether oxygens (including phenoxy) is 1. The number of hydrogen-bond acceptors (Lipinski definition) is 2. The molecule has 0 aliphatic heterocycles. The van der Waals surface area contributed by atoms with Crippen molar-refractivity contribution in [1.82, 2.24) is 0 Å². The van der Waals surface area contributed by atoms with E-state index in [2.05, 4.69) is 13.8 Å². The van der Waals surface area contributed by atoms with E-state index in [1.54, 1.807) is 0 Å². The van der Waals surface area contributed by atoms with E-state index in [1.807, 2.05) is 6.07 Å². The Bertz CT molecular complexity index is 121. The van der Waals surface area contributed by atoms with Crippen LogP contribution >= 0.6 is 0 Å². The standard InChI is InChI=1S/C7H11NO/c1-7(2)6-9-5-3-4-8/h3,5,7H,6H2,1-2H3. The maximum Gasteiger partial charge on any atom is 0.0944 e. The minimum Gasteiger partial charge on any atom is -0.500 e. The fraction of sp³-hybridized carbons (Fsp3) is 0.571. The second-order valence-corrected chi connectivity index (χ2v) is 2.16. The van der Waals surface area contributed by atoms with Crippen molar-refractivity contribution < 1.29 is 4.74 Å². The molecule has 0 aromatic carbocycles. The molecule has 0 fully saturated rings. The summed E-state index contributed by atoms with van der Waals surface area (Å²) in [6.45, 7) is 4.79. The molecule has 0 bridgehead atoms. The summed E-state index contributed by atoms with van der Waals surface area (Å²) in [4.78, 5) is 0. The third-order valence-electron chi connectivity index (χ3n) is 0.668. The SMILES string of the molecule is CC(C)COC=CC#N. The van der Waals surface area contributed by atoms with Crippen LogP contribution in [0.5, 0.6) is 0 Å². The molecule has 0 rings (SSSR count). The first-order valence-electron chi connectivity index (χ1n) is 2.93. The average molecular weight is 125 g/mol. The van der Waals surface area contributed by atoms with E-state index >= 15 is 0 Å². The van der Waals surface area contributed by atoms with Gasteiger partial charge in [0.25, 0.3) is 0 Å². The van der Waals surface area contributed by atoms with Gasteiger partial charge in [0.05, 0.1) is 25.0 Å². The second-order valence-electron chi connectivity index (χ2n) is 2.16. The van der Waals surface area contributed by atoms with E-state index in [0.29, 0.717) is 12.5 Å². The van der Waals surface area contributed by atoms with Gasteiger partial charge in [0.2, 0.25) is 0 Å². The Morgan fingerprint density at radius 3 is 2.78 bits per heavy atom. The van der Waals surface area contributed by atoms with Gasteiger partial charge in [-0.3, -0.25) is 0 Å². The smallest absolute Gasteiger partial charge is 0.0944 e. The van der Waals surface area contributed by atoms with Crippen molar-refractivity contribution in [2.24, 2.45) is 5.92 Å². The van der Waals surface area contributed by atoms with Crippen LogP contribution in [0.1, 0.15) is 13.8 Å². The van der Waals surface area contributed by atoms with E-state index < -0.39 is 0 Å². The lowest BCUT2D eigenvalue weighted by molar-refractivity contribution is 0.211. The summed E-state index contributed by atoms with van der Waals surface area (Å²) in [7, 11) is 0. The van der Waals surface area contributed by atoms with Crippen molar-refractivity contribution in [3.8, 4) is 6.07 Å². The Morgan fingerprint density at radius 1 is 1.67 bits per heavy atom. The molecule has 0 aliphatic rings. The van der Waals surface area contributed by atoms with Crippen LogP contribution in [0, 0.1) is 17.2 Å². The molecule has 0 N–H and O–H groups in total. The van der Waals surface area contributed by atoms with Crippen LogP contribution in [-0.4, -0.2) is 6.61 Å². The average Bonchev–Trinajstić information content (AvgIpc) is 1.80. The van der Waals surface area contributed by atoms with Crippen molar-refractivity contribution in [1.29, 1.82) is 5.26 Å². The van der Waals surface area contributed by atoms with Gasteiger partial charge in [-0.15, -0.1) is 0 Å². The summed E-state index contributed by atoms with van der Waals surface area (Å²) in [6.07, 6.45) is 2.74. The first-order valence-corrected chi connectivity index (χ1v) is 2.93. The summed E-state index contributed by atoms with van der Waals surface area (Å²) in [6, 6.07) is 1.84. The van der Waals surface area contributed by atoms with E-state index in [4.69, 9.17) is 10.00 Å². The van der Waals surface area contributed by atoms with Crippen LogP contribution in [-0.2, 0) is 4.74 Å². The highest BCUT2D eigenvalue weighted by Gasteiger charge is 1.88. The highest BCUT2D eigenvalue weighted by Crippen LogP contribution is 1.91. The topological polar surface area (TPSA) is 33.0 Å². The molecule has 0 aromatic rings. The third-order valence-corrected chi connectivity index (χ3v) is 0.668. The maximum atomic E-state index is 8.01. The van der Waals surface area contributed by atoms with Gasteiger partial charge < -0.3 is 4.74 Å². The van der Waals surface area contributed by atoms with Crippen molar-refractivity contribution in [3.63, 3.8) is 0 Å². The van der Waals surface area contributed by atoms with Gasteiger partial charge in [0.1, 0.15) is 0 Å². The van der Waals surface area contributed by atoms with Crippen LogP contribution in [0.2, 0.25) is 0 Å². The quantitative estimate of drug-likeness (QED) is 0.425. The highest BCUT2D eigenvalue weighted by molar-refractivity contribution is 4.97. The molecule has 0 radical (unpaired) electrons. The van der Waals surface area contributed by atoms with Crippen LogP contribution in [0.15, 0.2) is 12.3 Å². The lowest BCUT2D eigenvalue weighted by Gasteiger charge is -2.01. The Balaban J connectivity index is 3.12. The molecular weight excluding hydrogens is 114 g/mol. The van der Waals surface area contributed by atoms with Crippen molar-refractivity contribution in [2.75, 3.05) is 6.61 Å². The predicted molar refractivity (Wildman–Crippen MR) is 35.5 cm³/mol. The monoisotopic (exact) mass is 125 g/mol. The number of nitrogens with zero attached hydrogens (tertiary/aromatic N) is 1. The predicted octanol–water partition coefficient (Wildman–Crippen LogP) is 1.70. The molecule has 2 heteroatoms. The molecule has 0 spiro atoms. The summed E-state index contributed by atoms with van der Waals surface area (Å²) >= 11 is 0. The fourth-order valence-electron chi connectivity index (χ4n) is 0.327. The van der Waals surface area contributed by atoms with Crippen molar-refractivity contribution in [3.05, 3.63) is 12.3 Å². The molecular formula is C7H11NO.